The van der Waals surface area contributed by atoms with Crippen molar-refractivity contribution in [2.45, 2.75) is 38.8 Å². The molecule has 0 aliphatic carbocycles. The second-order valence-corrected chi connectivity index (χ2v) is 8.49. The summed E-state index contributed by atoms with van der Waals surface area (Å²) in [7, 11) is 0. The Hall–Kier alpha value is -2.56. The van der Waals surface area contributed by atoms with Crippen LogP contribution in [0.4, 0.5) is 0 Å². The lowest BCUT2D eigenvalue weighted by atomic mass is 9.80. The third-order valence-corrected chi connectivity index (χ3v) is 6.46. The van der Waals surface area contributed by atoms with Crippen LogP contribution in [0.2, 0.25) is 0 Å². The van der Waals surface area contributed by atoms with Gasteiger partial charge in [0, 0.05) is 29.9 Å². The van der Waals surface area contributed by atoms with Crippen molar-refractivity contribution in [3.8, 4) is 11.4 Å². The minimum Gasteiger partial charge on any atom is -0.376 e. The van der Waals surface area contributed by atoms with Crippen molar-refractivity contribution >= 4 is 0 Å². The van der Waals surface area contributed by atoms with Crippen LogP contribution in [0.3, 0.4) is 0 Å². The molecule has 4 heteroatoms. The van der Waals surface area contributed by atoms with E-state index >= 15 is 0 Å². The van der Waals surface area contributed by atoms with Gasteiger partial charge in [-0.15, -0.1) is 0 Å². The lowest BCUT2D eigenvalue weighted by Crippen LogP contribution is -2.41. The molecule has 1 atom stereocenters. The van der Waals surface area contributed by atoms with Crippen LogP contribution in [-0.4, -0.2) is 34.6 Å². The standard InChI is InChI=1S/C25H27N3O/c1-18-8-6-7-11-21(18)14-28-13-12-25(16-28)17-29-15-22-19(2)26-24(27-23(22)25)20-9-4-3-5-10-20/h3-11H,12-17H2,1-2H3. The summed E-state index contributed by atoms with van der Waals surface area (Å²) in [5.41, 5.74) is 7.26. The van der Waals surface area contributed by atoms with E-state index in [0.29, 0.717) is 6.61 Å². The molecule has 3 aromatic rings. The van der Waals surface area contributed by atoms with Crippen molar-refractivity contribution in [1.29, 1.82) is 0 Å². The maximum atomic E-state index is 6.08. The molecule has 0 bridgehead atoms. The average molecular weight is 386 g/mol. The first-order valence-electron chi connectivity index (χ1n) is 10.4. The largest absolute Gasteiger partial charge is 0.376 e. The number of fused-ring (bicyclic) bond motifs is 2. The van der Waals surface area contributed by atoms with Crippen molar-refractivity contribution < 1.29 is 4.74 Å². The van der Waals surface area contributed by atoms with Crippen molar-refractivity contribution in [3.63, 3.8) is 0 Å². The summed E-state index contributed by atoms with van der Waals surface area (Å²) in [5, 5.41) is 0. The second-order valence-electron chi connectivity index (χ2n) is 8.49. The third-order valence-electron chi connectivity index (χ3n) is 6.46. The van der Waals surface area contributed by atoms with Crippen LogP contribution in [-0.2, 0) is 23.3 Å². The van der Waals surface area contributed by atoms with Crippen LogP contribution < -0.4 is 0 Å². The summed E-state index contributed by atoms with van der Waals surface area (Å²) < 4.78 is 6.08. The Bertz CT molecular complexity index is 1030. The maximum absolute atomic E-state index is 6.08. The first-order valence-corrected chi connectivity index (χ1v) is 10.4. The van der Waals surface area contributed by atoms with Gasteiger partial charge in [-0.05, 0) is 37.9 Å². The Kier molecular flexibility index (Phi) is 4.69. The van der Waals surface area contributed by atoms with Gasteiger partial charge in [-0.3, -0.25) is 4.90 Å². The molecule has 148 valence electrons. The molecular weight excluding hydrogens is 358 g/mol. The number of aryl methyl sites for hydroxylation is 2. The lowest BCUT2D eigenvalue weighted by molar-refractivity contribution is 0.0498. The minimum atomic E-state index is -0.0342. The molecule has 1 fully saturated rings. The fraction of sp³-hybridized carbons (Fsp3) is 0.360. The molecule has 0 saturated carbocycles. The van der Waals surface area contributed by atoms with E-state index < -0.39 is 0 Å². The highest BCUT2D eigenvalue weighted by molar-refractivity contribution is 5.56. The summed E-state index contributed by atoms with van der Waals surface area (Å²) in [6.45, 7) is 8.70. The van der Waals surface area contributed by atoms with E-state index in [1.54, 1.807) is 0 Å². The van der Waals surface area contributed by atoms with Gasteiger partial charge in [0.25, 0.3) is 0 Å². The first kappa shape index (κ1) is 18.5. The van der Waals surface area contributed by atoms with Gasteiger partial charge in [-0.25, -0.2) is 9.97 Å². The summed E-state index contributed by atoms with van der Waals surface area (Å²) in [4.78, 5) is 12.5. The maximum Gasteiger partial charge on any atom is 0.159 e. The summed E-state index contributed by atoms with van der Waals surface area (Å²) >= 11 is 0. The van der Waals surface area contributed by atoms with Crippen LogP contribution in [0.25, 0.3) is 11.4 Å². The van der Waals surface area contributed by atoms with Crippen LogP contribution in [0, 0.1) is 13.8 Å². The Labute approximate surface area is 172 Å². The summed E-state index contributed by atoms with van der Waals surface area (Å²) in [5.74, 6) is 0.834. The average Bonchev–Trinajstić information content (AvgIpc) is 3.14. The molecule has 5 rings (SSSR count). The predicted molar refractivity (Wildman–Crippen MR) is 115 cm³/mol. The topological polar surface area (TPSA) is 38.2 Å². The Morgan fingerprint density at radius 2 is 1.79 bits per heavy atom. The third kappa shape index (κ3) is 3.37. The quantitative estimate of drug-likeness (QED) is 0.668. The number of aromatic nitrogens is 2. The number of hydrogen-bond acceptors (Lipinski definition) is 4. The summed E-state index contributed by atoms with van der Waals surface area (Å²) in [6, 6.07) is 19.0. The molecule has 2 aromatic carbocycles. The SMILES string of the molecule is Cc1ccccc1CN1CCC2(COCc3c(C)nc(-c4ccccc4)nc32)C1. The van der Waals surface area contributed by atoms with E-state index in [2.05, 4.69) is 55.1 Å². The fourth-order valence-electron chi connectivity index (χ4n) is 4.77. The van der Waals surface area contributed by atoms with Gasteiger partial charge in [-0.2, -0.15) is 0 Å². The van der Waals surface area contributed by atoms with E-state index in [0.717, 1.165) is 49.7 Å². The van der Waals surface area contributed by atoms with Gasteiger partial charge < -0.3 is 4.74 Å². The zero-order valence-corrected chi connectivity index (χ0v) is 17.2. The molecule has 29 heavy (non-hydrogen) atoms. The van der Waals surface area contributed by atoms with E-state index in [-0.39, 0.29) is 5.41 Å². The highest BCUT2D eigenvalue weighted by Crippen LogP contribution is 2.41. The molecule has 1 aromatic heterocycles. The van der Waals surface area contributed by atoms with Crippen molar-refractivity contribution in [2.24, 2.45) is 0 Å². The molecule has 3 heterocycles. The molecule has 4 nitrogen and oxygen atoms in total. The van der Waals surface area contributed by atoms with Gasteiger partial charge >= 0.3 is 0 Å². The van der Waals surface area contributed by atoms with Crippen molar-refractivity contribution in [1.82, 2.24) is 14.9 Å². The normalized spacial score (nSPS) is 21.4. The van der Waals surface area contributed by atoms with E-state index in [9.17, 15) is 0 Å². The second kappa shape index (κ2) is 7.36. The lowest BCUT2D eigenvalue weighted by Gasteiger charge is -2.35. The number of benzene rings is 2. The highest BCUT2D eigenvalue weighted by Gasteiger charge is 2.45. The van der Waals surface area contributed by atoms with Gasteiger partial charge in [0.05, 0.1) is 24.3 Å². The molecule has 2 aliphatic heterocycles. The van der Waals surface area contributed by atoms with Gasteiger partial charge in [0.2, 0.25) is 0 Å². The first-order chi connectivity index (χ1) is 14.1. The van der Waals surface area contributed by atoms with Gasteiger partial charge in [0.15, 0.2) is 5.82 Å². The Balaban J connectivity index is 1.49. The molecule has 0 amide bonds. The summed E-state index contributed by atoms with van der Waals surface area (Å²) in [6.07, 6.45) is 1.08. The zero-order valence-electron chi connectivity index (χ0n) is 17.2. The van der Waals surface area contributed by atoms with Crippen LogP contribution >= 0.6 is 0 Å². The van der Waals surface area contributed by atoms with Gasteiger partial charge in [-0.1, -0.05) is 54.6 Å². The molecule has 1 unspecified atom stereocenters. The van der Waals surface area contributed by atoms with Gasteiger partial charge in [0.1, 0.15) is 0 Å². The highest BCUT2D eigenvalue weighted by atomic mass is 16.5. The van der Waals surface area contributed by atoms with Crippen LogP contribution in [0.15, 0.2) is 54.6 Å². The number of nitrogens with zero attached hydrogens (tertiary/aromatic N) is 3. The number of ether oxygens (including phenoxy) is 1. The molecule has 1 spiro atoms. The molecule has 1 saturated heterocycles. The van der Waals surface area contributed by atoms with E-state index in [4.69, 9.17) is 14.7 Å². The molecular formula is C25H27N3O. The monoisotopic (exact) mass is 385 g/mol. The van der Waals surface area contributed by atoms with Crippen molar-refractivity contribution in [3.05, 3.63) is 82.7 Å². The number of likely N-dealkylation sites (tertiary alicyclic amines) is 1. The zero-order chi connectivity index (χ0) is 19.8. The minimum absolute atomic E-state index is 0.0342. The van der Waals surface area contributed by atoms with Crippen LogP contribution in [0.1, 0.15) is 34.5 Å². The Morgan fingerprint density at radius 3 is 2.62 bits per heavy atom. The molecule has 2 aliphatic rings. The molecule has 0 N–H and O–H groups in total. The smallest absolute Gasteiger partial charge is 0.159 e. The van der Waals surface area contributed by atoms with E-state index in [1.165, 1.54) is 22.4 Å². The fourth-order valence-corrected chi connectivity index (χ4v) is 4.77. The van der Waals surface area contributed by atoms with E-state index in [1.807, 2.05) is 18.2 Å². The van der Waals surface area contributed by atoms with Crippen molar-refractivity contribution in [2.75, 3.05) is 19.7 Å². The number of rotatable bonds is 3. The molecule has 0 radical (unpaired) electrons. The number of hydrogen-bond donors (Lipinski definition) is 0. The predicted octanol–water partition coefficient (Wildman–Crippen LogP) is 4.43. The Morgan fingerprint density at radius 1 is 1.00 bits per heavy atom. The van der Waals surface area contributed by atoms with Crippen LogP contribution in [0.5, 0.6) is 0 Å².